The summed E-state index contributed by atoms with van der Waals surface area (Å²) in [5, 5.41) is 11.2. The molecule has 0 spiro atoms. The van der Waals surface area contributed by atoms with E-state index in [1.165, 1.54) is 18.9 Å². The number of piperidine rings is 1. The molecule has 1 fully saturated rings. The summed E-state index contributed by atoms with van der Waals surface area (Å²) in [5.74, 6) is -0.468. The number of likely N-dealkylation sites (tertiary alicyclic amines) is 1. The van der Waals surface area contributed by atoms with Crippen molar-refractivity contribution >= 4 is 12.1 Å². The fraction of sp³-hybridized carbons (Fsp3) is 0.867. The average molecular weight is 330 g/mol. The van der Waals surface area contributed by atoms with E-state index in [0.29, 0.717) is 25.9 Å². The molecule has 0 N–H and O–H groups in total. The minimum atomic E-state index is -0.887. The van der Waals surface area contributed by atoms with Crippen LogP contribution in [0.5, 0.6) is 0 Å². The Morgan fingerprint density at radius 2 is 1.83 bits per heavy atom. The Hall–Kier alpha value is -1.86. The number of nitrogens with zero attached hydrogens (tertiary/aromatic N) is 2. The van der Waals surface area contributed by atoms with Crippen molar-refractivity contribution in [3.63, 3.8) is 0 Å². The van der Waals surface area contributed by atoms with E-state index in [9.17, 15) is 19.7 Å². The third-order valence-electron chi connectivity index (χ3n) is 4.34. The van der Waals surface area contributed by atoms with Gasteiger partial charge in [0, 0.05) is 24.9 Å². The molecule has 1 aliphatic heterocycles. The Morgan fingerprint density at radius 1 is 1.30 bits per heavy atom. The van der Waals surface area contributed by atoms with Crippen LogP contribution in [-0.2, 0) is 14.3 Å². The summed E-state index contributed by atoms with van der Waals surface area (Å²) < 4.78 is 10.00. The van der Waals surface area contributed by atoms with E-state index in [4.69, 9.17) is 4.74 Å². The highest BCUT2D eigenvalue weighted by Gasteiger charge is 2.48. The smallest absolute Gasteiger partial charge is 0.410 e. The molecular formula is C15H26N2O6. The molecule has 132 valence electrons. The third-order valence-corrected chi connectivity index (χ3v) is 4.34. The molecule has 1 unspecified atom stereocenters. The molecule has 1 aliphatic rings. The summed E-state index contributed by atoms with van der Waals surface area (Å²) in [6.07, 6.45) is 0.277. The molecular weight excluding hydrogens is 304 g/mol. The van der Waals surface area contributed by atoms with Crippen molar-refractivity contribution in [2.45, 2.75) is 58.6 Å². The maximum atomic E-state index is 12.1. The van der Waals surface area contributed by atoms with Crippen LogP contribution in [0.4, 0.5) is 4.79 Å². The fourth-order valence-corrected chi connectivity index (χ4v) is 2.79. The number of amides is 1. The van der Waals surface area contributed by atoms with Crippen LogP contribution in [0.2, 0.25) is 0 Å². The van der Waals surface area contributed by atoms with Crippen molar-refractivity contribution in [3.05, 3.63) is 10.1 Å². The molecule has 0 saturated carbocycles. The normalized spacial score (nSPS) is 18.9. The van der Waals surface area contributed by atoms with Gasteiger partial charge in [-0.15, -0.1) is 0 Å². The van der Waals surface area contributed by atoms with Crippen LogP contribution in [0.25, 0.3) is 0 Å². The van der Waals surface area contributed by atoms with Crippen LogP contribution in [0.15, 0.2) is 0 Å². The molecule has 0 bridgehead atoms. The van der Waals surface area contributed by atoms with Crippen molar-refractivity contribution in [1.82, 2.24) is 4.90 Å². The standard InChI is InChI=1S/C15H26N2O6/c1-11(17(20)21)15(10-12(18)22-5)6-8-16(9-7-15)13(19)23-14(2,3)4/h11H,6-10H2,1-5H3. The maximum absolute atomic E-state index is 12.1. The predicted molar refractivity (Wildman–Crippen MR) is 82.6 cm³/mol. The molecule has 0 aliphatic carbocycles. The van der Waals surface area contributed by atoms with Gasteiger partial charge >= 0.3 is 12.1 Å². The van der Waals surface area contributed by atoms with E-state index < -0.39 is 29.1 Å². The minimum absolute atomic E-state index is 0.0200. The molecule has 1 heterocycles. The molecule has 1 saturated heterocycles. The topological polar surface area (TPSA) is 99.0 Å². The number of nitro groups is 1. The lowest BCUT2D eigenvalue weighted by atomic mass is 9.70. The van der Waals surface area contributed by atoms with Gasteiger partial charge in [-0.1, -0.05) is 0 Å². The van der Waals surface area contributed by atoms with Crippen molar-refractivity contribution < 1.29 is 24.0 Å². The van der Waals surface area contributed by atoms with Crippen LogP contribution in [-0.4, -0.2) is 53.7 Å². The van der Waals surface area contributed by atoms with Gasteiger partial charge < -0.3 is 14.4 Å². The number of rotatable bonds is 4. The molecule has 0 aromatic carbocycles. The number of hydrogen-bond donors (Lipinski definition) is 0. The van der Waals surface area contributed by atoms with E-state index in [2.05, 4.69) is 4.74 Å². The van der Waals surface area contributed by atoms with Gasteiger partial charge in [0.1, 0.15) is 5.60 Å². The van der Waals surface area contributed by atoms with Gasteiger partial charge in [-0.2, -0.15) is 0 Å². The van der Waals surface area contributed by atoms with Crippen molar-refractivity contribution in [2.24, 2.45) is 5.41 Å². The number of carbonyl (C=O) groups excluding carboxylic acids is 2. The maximum Gasteiger partial charge on any atom is 0.410 e. The highest BCUT2D eigenvalue weighted by atomic mass is 16.6. The quantitative estimate of drug-likeness (QED) is 0.445. The lowest BCUT2D eigenvalue weighted by molar-refractivity contribution is -0.539. The van der Waals surface area contributed by atoms with Gasteiger partial charge in [0.2, 0.25) is 6.04 Å². The minimum Gasteiger partial charge on any atom is -0.469 e. The molecule has 1 atom stereocenters. The van der Waals surface area contributed by atoms with E-state index in [0.717, 1.165) is 0 Å². The van der Waals surface area contributed by atoms with Gasteiger partial charge in [-0.25, -0.2) is 4.79 Å². The molecule has 0 radical (unpaired) electrons. The average Bonchev–Trinajstić information content (AvgIpc) is 2.44. The van der Waals surface area contributed by atoms with Gasteiger partial charge in [0.15, 0.2) is 0 Å². The lowest BCUT2D eigenvalue weighted by Crippen LogP contribution is -2.51. The SMILES string of the molecule is COC(=O)CC1(C(C)[N+](=O)[O-])CCN(C(=O)OC(C)(C)C)CC1. The second-order valence-electron chi connectivity index (χ2n) is 7.04. The Balaban J connectivity index is 2.81. The second kappa shape index (κ2) is 7.14. The summed E-state index contributed by atoms with van der Waals surface area (Å²) in [4.78, 5) is 36.1. The Morgan fingerprint density at radius 3 is 2.22 bits per heavy atom. The number of ether oxygens (including phenoxy) is 2. The highest BCUT2D eigenvalue weighted by Crippen LogP contribution is 2.40. The van der Waals surface area contributed by atoms with E-state index >= 15 is 0 Å². The van der Waals surface area contributed by atoms with Crippen LogP contribution in [0, 0.1) is 15.5 Å². The molecule has 1 amide bonds. The first-order chi connectivity index (χ1) is 10.5. The van der Waals surface area contributed by atoms with Gasteiger partial charge in [-0.3, -0.25) is 14.9 Å². The Bertz CT molecular complexity index is 463. The zero-order valence-corrected chi connectivity index (χ0v) is 14.5. The number of carbonyl (C=O) groups is 2. The largest absolute Gasteiger partial charge is 0.469 e. The third kappa shape index (κ3) is 5.07. The highest BCUT2D eigenvalue weighted by molar-refractivity contribution is 5.71. The number of hydrogen-bond acceptors (Lipinski definition) is 6. The number of methoxy groups -OCH3 is 1. The zero-order valence-electron chi connectivity index (χ0n) is 14.5. The monoisotopic (exact) mass is 330 g/mol. The van der Waals surface area contributed by atoms with E-state index in [1.54, 1.807) is 20.8 Å². The first kappa shape index (κ1) is 19.2. The lowest BCUT2D eigenvalue weighted by Gasteiger charge is -2.41. The Labute approximate surface area is 136 Å². The second-order valence-corrected chi connectivity index (χ2v) is 7.04. The Kier molecular flexibility index (Phi) is 5.96. The summed E-state index contributed by atoms with van der Waals surface area (Å²) in [6.45, 7) is 7.50. The predicted octanol–water partition coefficient (Wildman–Crippen LogP) is 2.23. The van der Waals surface area contributed by atoms with Crippen molar-refractivity contribution in [2.75, 3.05) is 20.2 Å². The molecule has 8 nitrogen and oxygen atoms in total. The van der Waals surface area contributed by atoms with Crippen LogP contribution in [0.1, 0.15) is 47.0 Å². The van der Waals surface area contributed by atoms with Crippen molar-refractivity contribution in [3.8, 4) is 0 Å². The first-order valence-corrected chi connectivity index (χ1v) is 7.69. The van der Waals surface area contributed by atoms with Crippen LogP contribution >= 0.6 is 0 Å². The molecule has 0 aromatic heterocycles. The van der Waals surface area contributed by atoms with E-state index in [-0.39, 0.29) is 11.3 Å². The van der Waals surface area contributed by atoms with Gasteiger partial charge in [0.05, 0.1) is 18.9 Å². The van der Waals surface area contributed by atoms with Crippen molar-refractivity contribution in [1.29, 1.82) is 0 Å². The van der Waals surface area contributed by atoms with Crippen LogP contribution in [0.3, 0.4) is 0 Å². The fourth-order valence-electron chi connectivity index (χ4n) is 2.79. The van der Waals surface area contributed by atoms with Crippen LogP contribution < -0.4 is 0 Å². The summed E-state index contributed by atoms with van der Waals surface area (Å²) in [7, 11) is 1.27. The summed E-state index contributed by atoms with van der Waals surface area (Å²) in [5.41, 5.74) is -1.39. The van der Waals surface area contributed by atoms with E-state index in [1.807, 2.05) is 0 Å². The molecule has 8 heteroatoms. The number of esters is 1. The first-order valence-electron chi connectivity index (χ1n) is 7.69. The zero-order chi connectivity index (χ0) is 17.8. The van der Waals surface area contributed by atoms with Gasteiger partial charge in [0.25, 0.3) is 0 Å². The van der Waals surface area contributed by atoms with Gasteiger partial charge in [-0.05, 0) is 33.6 Å². The molecule has 1 rings (SSSR count). The molecule has 0 aromatic rings. The molecule has 23 heavy (non-hydrogen) atoms. The summed E-state index contributed by atoms with van der Waals surface area (Å²) in [6, 6.07) is -0.887. The summed E-state index contributed by atoms with van der Waals surface area (Å²) >= 11 is 0.